The molecule has 0 atom stereocenters. The molecule has 2 aromatic rings. The van der Waals surface area contributed by atoms with Crippen molar-refractivity contribution in [2.75, 3.05) is 36.5 Å². The van der Waals surface area contributed by atoms with Gasteiger partial charge in [0, 0.05) is 36.0 Å². The Kier molecular flexibility index (Phi) is 6.60. The van der Waals surface area contributed by atoms with Crippen LogP contribution < -0.4 is 15.0 Å². The summed E-state index contributed by atoms with van der Waals surface area (Å²) in [5.41, 5.74) is 3.42. The fraction of sp³-hybridized carbons (Fsp3) is 0.368. The van der Waals surface area contributed by atoms with Crippen molar-refractivity contribution in [2.45, 2.75) is 20.8 Å². The van der Waals surface area contributed by atoms with Crippen molar-refractivity contribution in [3.8, 4) is 5.75 Å². The van der Waals surface area contributed by atoms with Crippen LogP contribution in [0.15, 0.2) is 42.5 Å². The van der Waals surface area contributed by atoms with Crippen LogP contribution in [-0.2, 0) is 0 Å². The molecule has 0 bridgehead atoms. The van der Waals surface area contributed by atoms with Gasteiger partial charge in [-0.05, 0) is 68.8 Å². The molecule has 0 saturated heterocycles. The molecule has 0 radical (unpaired) electrons. The van der Waals surface area contributed by atoms with Crippen molar-refractivity contribution in [1.82, 2.24) is 0 Å². The first-order chi connectivity index (χ1) is 11.1. The van der Waals surface area contributed by atoms with Crippen LogP contribution in [0.1, 0.15) is 19.4 Å². The third-order valence-electron chi connectivity index (χ3n) is 3.82. The number of benzene rings is 2. The summed E-state index contributed by atoms with van der Waals surface area (Å²) in [6.07, 6.45) is 0. The van der Waals surface area contributed by atoms with E-state index in [1.54, 1.807) is 0 Å². The maximum absolute atomic E-state index is 5.94. The number of hydrogen-bond donors (Lipinski definition) is 1. The second kappa shape index (κ2) is 8.68. The molecule has 0 spiro atoms. The molecule has 124 valence electrons. The molecule has 0 aliphatic heterocycles. The largest absolute Gasteiger partial charge is 0.491 e. The zero-order valence-electron chi connectivity index (χ0n) is 14.1. The van der Waals surface area contributed by atoms with E-state index in [1.807, 2.05) is 25.1 Å². The van der Waals surface area contributed by atoms with Gasteiger partial charge in [0.05, 0.1) is 0 Å². The van der Waals surface area contributed by atoms with Crippen molar-refractivity contribution < 1.29 is 4.74 Å². The molecule has 0 heterocycles. The lowest BCUT2D eigenvalue weighted by Gasteiger charge is -2.21. The van der Waals surface area contributed by atoms with Crippen molar-refractivity contribution in [1.29, 1.82) is 0 Å². The smallest absolute Gasteiger partial charge is 0.122 e. The zero-order valence-corrected chi connectivity index (χ0v) is 14.9. The van der Waals surface area contributed by atoms with Gasteiger partial charge < -0.3 is 15.0 Å². The molecule has 0 aliphatic rings. The van der Waals surface area contributed by atoms with Crippen LogP contribution in [0.4, 0.5) is 11.4 Å². The Morgan fingerprint density at radius 1 is 1.04 bits per heavy atom. The predicted molar refractivity (Wildman–Crippen MR) is 100 cm³/mol. The minimum absolute atomic E-state index is 0.611. The quantitative estimate of drug-likeness (QED) is 0.689. The van der Waals surface area contributed by atoms with E-state index in [9.17, 15) is 0 Å². The number of nitrogens with one attached hydrogen (secondary N) is 1. The molecule has 0 amide bonds. The van der Waals surface area contributed by atoms with Crippen molar-refractivity contribution in [3.05, 3.63) is 53.1 Å². The van der Waals surface area contributed by atoms with E-state index in [-0.39, 0.29) is 0 Å². The SMILES string of the molecule is CCN(CC)c1ccc(NCCOc2ccc(Cl)cc2C)cc1. The van der Waals surface area contributed by atoms with Gasteiger partial charge in [0.25, 0.3) is 0 Å². The highest BCUT2D eigenvalue weighted by molar-refractivity contribution is 6.30. The highest BCUT2D eigenvalue weighted by Gasteiger charge is 2.02. The Labute approximate surface area is 144 Å². The number of halogens is 1. The Hall–Kier alpha value is -1.87. The van der Waals surface area contributed by atoms with Crippen molar-refractivity contribution in [3.63, 3.8) is 0 Å². The van der Waals surface area contributed by atoms with E-state index in [1.165, 1.54) is 5.69 Å². The molecule has 0 aromatic heterocycles. The molecule has 0 fully saturated rings. The van der Waals surface area contributed by atoms with E-state index in [0.717, 1.165) is 41.7 Å². The van der Waals surface area contributed by atoms with E-state index in [4.69, 9.17) is 16.3 Å². The number of anilines is 2. The molecule has 4 heteroatoms. The third-order valence-corrected chi connectivity index (χ3v) is 4.06. The van der Waals surface area contributed by atoms with Crippen LogP contribution in [0.2, 0.25) is 5.02 Å². The van der Waals surface area contributed by atoms with Gasteiger partial charge in [-0.15, -0.1) is 0 Å². The van der Waals surface area contributed by atoms with Crippen molar-refractivity contribution >= 4 is 23.0 Å². The summed E-state index contributed by atoms with van der Waals surface area (Å²) in [7, 11) is 0. The minimum Gasteiger partial charge on any atom is -0.491 e. The van der Waals surface area contributed by atoms with Crippen molar-refractivity contribution in [2.24, 2.45) is 0 Å². The van der Waals surface area contributed by atoms with Crippen LogP contribution in [0.5, 0.6) is 5.75 Å². The molecule has 2 rings (SSSR count). The first-order valence-electron chi connectivity index (χ1n) is 8.12. The summed E-state index contributed by atoms with van der Waals surface area (Å²) >= 11 is 5.94. The molecular weight excluding hydrogens is 308 g/mol. The van der Waals surface area contributed by atoms with Gasteiger partial charge in [-0.25, -0.2) is 0 Å². The average molecular weight is 333 g/mol. The molecule has 0 aliphatic carbocycles. The standard InChI is InChI=1S/C19H25ClN2O/c1-4-22(5-2)18-9-7-17(8-10-18)21-12-13-23-19-11-6-16(20)14-15(19)3/h6-11,14,21H,4-5,12-13H2,1-3H3. The van der Waals surface area contributed by atoms with Gasteiger partial charge in [0.15, 0.2) is 0 Å². The van der Waals surface area contributed by atoms with Crippen LogP contribution >= 0.6 is 11.6 Å². The van der Waals surface area contributed by atoms with Crippen LogP contribution in [-0.4, -0.2) is 26.2 Å². The first kappa shape index (κ1) is 17.5. The highest BCUT2D eigenvalue weighted by atomic mass is 35.5. The Bertz CT molecular complexity index is 609. The average Bonchev–Trinajstić information content (AvgIpc) is 2.55. The van der Waals surface area contributed by atoms with Gasteiger partial charge in [0.1, 0.15) is 12.4 Å². The minimum atomic E-state index is 0.611. The number of ether oxygens (including phenoxy) is 1. The van der Waals surface area contributed by atoms with E-state index >= 15 is 0 Å². The fourth-order valence-electron chi connectivity index (χ4n) is 2.51. The van der Waals surface area contributed by atoms with E-state index in [2.05, 4.69) is 48.3 Å². The summed E-state index contributed by atoms with van der Waals surface area (Å²) in [5, 5.41) is 4.12. The highest BCUT2D eigenvalue weighted by Crippen LogP contribution is 2.22. The summed E-state index contributed by atoms with van der Waals surface area (Å²) in [5.74, 6) is 0.882. The van der Waals surface area contributed by atoms with Gasteiger partial charge in [-0.1, -0.05) is 11.6 Å². The van der Waals surface area contributed by atoms with E-state index < -0.39 is 0 Å². The fourth-order valence-corrected chi connectivity index (χ4v) is 2.74. The van der Waals surface area contributed by atoms with Gasteiger partial charge in [0.2, 0.25) is 0 Å². The topological polar surface area (TPSA) is 24.5 Å². The lowest BCUT2D eigenvalue weighted by molar-refractivity contribution is 0.330. The van der Waals surface area contributed by atoms with Crippen LogP contribution in [0.25, 0.3) is 0 Å². The second-order valence-corrected chi connectivity index (χ2v) is 5.84. The Balaban J connectivity index is 1.80. The molecular formula is C19H25ClN2O. The number of aryl methyl sites for hydroxylation is 1. The third kappa shape index (κ3) is 5.07. The Morgan fingerprint density at radius 3 is 2.35 bits per heavy atom. The number of rotatable bonds is 8. The Morgan fingerprint density at radius 2 is 1.74 bits per heavy atom. The van der Waals surface area contributed by atoms with Crippen LogP contribution in [0.3, 0.4) is 0 Å². The number of nitrogens with zero attached hydrogens (tertiary/aromatic N) is 1. The monoisotopic (exact) mass is 332 g/mol. The molecule has 23 heavy (non-hydrogen) atoms. The molecule has 0 saturated carbocycles. The lowest BCUT2D eigenvalue weighted by atomic mass is 10.2. The summed E-state index contributed by atoms with van der Waals surface area (Å²) in [6.45, 7) is 9.76. The maximum atomic E-state index is 5.94. The predicted octanol–water partition coefficient (Wildman–Crippen LogP) is 4.99. The zero-order chi connectivity index (χ0) is 16.7. The second-order valence-electron chi connectivity index (χ2n) is 5.40. The molecule has 0 unspecified atom stereocenters. The van der Waals surface area contributed by atoms with Gasteiger partial charge in [-0.3, -0.25) is 0 Å². The molecule has 2 aromatic carbocycles. The summed E-state index contributed by atoms with van der Waals surface area (Å²) in [6, 6.07) is 14.2. The summed E-state index contributed by atoms with van der Waals surface area (Å²) in [4.78, 5) is 2.33. The van der Waals surface area contributed by atoms with Gasteiger partial charge >= 0.3 is 0 Å². The number of hydrogen-bond acceptors (Lipinski definition) is 3. The van der Waals surface area contributed by atoms with Gasteiger partial charge in [-0.2, -0.15) is 0 Å². The van der Waals surface area contributed by atoms with Crippen LogP contribution in [0, 0.1) is 6.92 Å². The van der Waals surface area contributed by atoms with E-state index in [0.29, 0.717) is 6.61 Å². The maximum Gasteiger partial charge on any atom is 0.122 e. The normalized spacial score (nSPS) is 10.4. The molecule has 1 N–H and O–H groups in total. The summed E-state index contributed by atoms with van der Waals surface area (Å²) < 4.78 is 5.78. The first-order valence-corrected chi connectivity index (χ1v) is 8.49. The lowest BCUT2D eigenvalue weighted by Crippen LogP contribution is -2.21. The molecule has 3 nitrogen and oxygen atoms in total.